The first-order valence-corrected chi connectivity index (χ1v) is 5.77. The maximum atomic E-state index is 13.1. The van der Waals surface area contributed by atoms with E-state index in [0.717, 1.165) is 12.3 Å². The molecule has 0 aromatic carbocycles. The molecule has 0 N–H and O–H groups in total. The second-order valence-electron chi connectivity index (χ2n) is 3.27. The monoisotopic (exact) mass is 331 g/mol. The maximum Gasteiger partial charge on any atom is 0.296 e. The molecule has 0 saturated carbocycles. The van der Waals surface area contributed by atoms with Crippen molar-refractivity contribution in [2.45, 2.75) is 0 Å². The van der Waals surface area contributed by atoms with Crippen molar-refractivity contribution in [2.24, 2.45) is 0 Å². The van der Waals surface area contributed by atoms with E-state index in [1.807, 2.05) is 0 Å². The van der Waals surface area contributed by atoms with Gasteiger partial charge in [0, 0.05) is 22.3 Å². The Balaban J connectivity index is 2.70. The van der Waals surface area contributed by atoms with Gasteiger partial charge in [0.15, 0.2) is 5.69 Å². The van der Waals surface area contributed by atoms with E-state index in [2.05, 4.69) is 25.9 Å². The van der Waals surface area contributed by atoms with E-state index in [1.165, 1.54) is 12.3 Å². The molecule has 0 radical (unpaired) electrons. The van der Waals surface area contributed by atoms with Crippen LogP contribution in [-0.4, -0.2) is 14.9 Å². The normalized spacial score (nSPS) is 10.4. The van der Waals surface area contributed by atoms with Crippen molar-refractivity contribution >= 4 is 33.2 Å². The molecule has 0 aliphatic carbocycles. The molecule has 8 heteroatoms. The number of hydrogen-bond donors (Lipinski definition) is 0. The summed E-state index contributed by atoms with van der Waals surface area (Å²) >= 11 is 8.88. The fraction of sp³-hybridized carbons (Fsp3) is 0. The summed E-state index contributed by atoms with van der Waals surface area (Å²) in [5, 5.41) is 10.9. The van der Waals surface area contributed by atoms with E-state index in [4.69, 9.17) is 11.6 Å². The molecule has 0 saturated heterocycles. The number of pyridine rings is 2. The molecule has 0 atom stereocenters. The Kier molecular flexibility index (Phi) is 3.53. The summed E-state index contributed by atoms with van der Waals surface area (Å²) in [5.41, 5.74) is -0.227. The number of nitrogens with zero attached hydrogens (tertiary/aromatic N) is 3. The summed E-state index contributed by atoms with van der Waals surface area (Å²) in [6.45, 7) is 0. The van der Waals surface area contributed by atoms with Crippen molar-refractivity contribution in [2.75, 3.05) is 0 Å². The van der Waals surface area contributed by atoms with Crippen LogP contribution < -0.4 is 0 Å². The Labute approximate surface area is 114 Å². The molecular weight excluding hydrogens is 328 g/mol. The zero-order valence-corrected chi connectivity index (χ0v) is 10.9. The Morgan fingerprint density at radius 1 is 1.33 bits per heavy atom. The van der Waals surface area contributed by atoms with Crippen molar-refractivity contribution in [1.29, 1.82) is 0 Å². The van der Waals surface area contributed by atoms with Crippen LogP contribution in [0, 0.1) is 15.9 Å². The molecule has 92 valence electrons. The number of halogens is 3. The molecule has 0 amide bonds. The Morgan fingerprint density at radius 2 is 2.06 bits per heavy atom. The smallest absolute Gasteiger partial charge is 0.258 e. The highest BCUT2D eigenvalue weighted by Gasteiger charge is 2.20. The lowest BCUT2D eigenvalue weighted by Crippen LogP contribution is -1.96. The van der Waals surface area contributed by atoms with E-state index >= 15 is 0 Å². The minimum Gasteiger partial charge on any atom is -0.258 e. The molecule has 2 aromatic heterocycles. The largest absolute Gasteiger partial charge is 0.296 e. The van der Waals surface area contributed by atoms with Gasteiger partial charge in [0.1, 0.15) is 11.0 Å². The van der Waals surface area contributed by atoms with Gasteiger partial charge in [-0.15, -0.1) is 0 Å². The first-order valence-electron chi connectivity index (χ1n) is 4.60. The van der Waals surface area contributed by atoms with Gasteiger partial charge in [-0.3, -0.25) is 10.1 Å². The zero-order chi connectivity index (χ0) is 13.3. The molecule has 2 rings (SSSR count). The first-order chi connectivity index (χ1) is 8.49. The van der Waals surface area contributed by atoms with Crippen LogP contribution in [0.2, 0.25) is 5.15 Å². The molecule has 2 aromatic rings. The second kappa shape index (κ2) is 4.95. The van der Waals surface area contributed by atoms with E-state index < -0.39 is 10.7 Å². The van der Waals surface area contributed by atoms with Crippen molar-refractivity contribution in [3.63, 3.8) is 0 Å². The van der Waals surface area contributed by atoms with Gasteiger partial charge in [-0.2, -0.15) is 0 Å². The molecular formula is C10H4BrClFN3O2. The molecule has 0 aliphatic heterocycles. The molecule has 0 aliphatic rings. The predicted octanol–water partition coefficient (Wildman–Crippen LogP) is 3.61. The summed E-state index contributed by atoms with van der Waals surface area (Å²) < 4.78 is 13.6. The van der Waals surface area contributed by atoms with E-state index in [1.54, 1.807) is 0 Å². The molecule has 0 bridgehead atoms. The lowest BCUT2D eigenvalue weighted by atomic mass is 10.1. The van der Waals surface area contributed by atoms with Crippen LogP contribution in [0.15, 0.2) is 29.0 Å². The van der Waals surface area contributed by atoms with Crippen LogP contribution in [0.5, 0.6) is 0 Å². The third-order valence-corrected chi connectivity index (χ3v) is 2.83. The van der Waals surface area contributed by atoms with Crippen molar-refractivity contribution in [3.05, 3.63) is 50.1 Å². The fourth-order valence-corrected chi connectivity index (χ4v) is 1.88. The number of nitro groups is 1. The van der Waals surface area contributed by atoms with Crippen LogP contribution in [0.25, 0.3) is 11.3 Å². The van der Waals surface area contributed by atoms with Gasteiger partial charge in [0.05, 0.1) is 11.1 Å². The van der Waals surface area contributed by atoms with Crippen molar-refractivity contribution in [3.8, 4) is 11.3 Å². The van der Waals surface area contributed by atoms with Crippen molar-refractivity contribution < 1.29 is 9.31 Å². The van der Waals surface area contributed by atoms with Gasteiger partial charge in [0.2, 0.25) is 0 Å². The van der Waals surface area contributed by atoms with Gasteiger partial charge in [0.25, 0.3) is 5.69 Å². The van der Waals surface area contributed by atoms with Gasteiger partial charge < -0.3 is 0 Å². The Morgan fingerprint density at radius 3 is 2.72 bits per heavy atom. The molecule has 0 spiro atoms. The van der Waals surface area contributed by atoms with E-state index in [-0.39, 0.29) is 22.1 Å². The second-order valence-corrected chi connectivity index (χ2v) is 4.54. The van der Waals surface area contributed by atoms with E-state index in [0.29, 0.717) is 4.47 Å². The third-order valence-electron chi connectivity index (χ3n) is 2.09. The van der Waals surface area contributed by atoms with Crippen LogP contribution in [0.1, 0.15) is 0 Å². The van der Waals surface area contributed by atoms with Crippen molar-refractivity contribution in [1.82, 2.24) is 9.97 Å². The lowest BCUT2D eigenvalue weighted by Gasteiger charge is -2.04. The summed E-state index contributed by atoms with van der Waals surface area (Å²) in [4.78, 5) is 17.8. The molecule has 0 fully saturated rings. The zero-order valence-electron chi connectivity index (χ0n) is 8.60. The Hall–Kier alpha value is -1.60. The summed E-state index contributed by atoms with van der Waals surface area (Å²) in [6, 6.07) is 2.32. The minimum absolute atomic E-state index is 0.0276. The van der Waals surface area contributed by atoms with Crippen LogP contribution in [0.4, 0.5) is 10.1 Å². The third kappa shape index (κ3) is 2.46. The topological polar surface area (TPSA) is 68.9 Å². The predicted molar refractivity (Wildman–Crippen MR) is 66.8 cm³/mol. The van der Waals surface area contributed by atoms with Crippen LogP contribution in [0.3, 0.4) is 0 Å². The number of rotatable bonds is 2. The standard InChI is InChI=1S/C10H4BrClFN3O2/c11-5-1-8(16(17)18)9(14-3-5)7-2-6(13)4-15-10(7)12/h1-4H. The van der Waals surface area contributed by atoms with Gasteiger partial charge in [-0.05, 0) is 22.0 Å². The summed E-state index contributed by atoms with van der Waals surface area (Å²) in [6.07, 6.45) is 2.29. The average Bonchev–Trinajstić information content (AvgIpc) is 2.32. The highest BCUT2D eigenvalue weighted by Crippen LogP contribution is 2.33. The highest BCUT2D eigenvalue weighted by molar-refractivity contribution is 9.10. The lowest BCUT2D eigenvalue weighted by molar-refractivity contribution is -0.384. The Bertz CT molecular complexity index is 639. The molecule has 0 unspecified atom stereocenters. The van der Waals surface area contributed by atoms with Crippen LogP contribution in [-0.2, 0) is 0 Å². The number of aromatic nitrogens is 2. The summed E-state index contributed by atoms with van der Waals surface area (Å²) in [5.74, 6) is -0.645. The molecule has 2 heterocycles. The number of hydrogen-bond acceptors (Lipinski definition) is 4. The van der Waals surface area contributed by atoms with Crippen LogP contribution >= 0.6 is 27.5 Å². The quantitative estimate of drug-likeness (QED) is 0.478. The summed E-state index contributed by atoms with van der Waals surface area (Å²) in [7, 11) is 0. The maximum absolute atomic E-state index is 13.1. The fourth-order valence-electron chi connectivity index (χ4n) is 1.36. The van der Waals surface area contributed by atoms with Gasteiger partial charge in [-0.1, -0.05) is 11.6 Å². The minimum atomic E-state index is -0.645. The average molecular weight is 333 g/mol. The molecule has 5 nitrogen and oxygen atoms in total. The molecule has 18 heavy (non-hydrogen) atoms. The SMILES string of the molecule is O=[N+]([O-])c1cc(Br)cnc1-c1cc(F)cnc1Cl. The van der Waals surface area contributed by atoms with E-state index in [9.17, 15) is 14.5 Å². The highest BCUT2D eigenvalue weighted by atomic mass is 79.9. The van der Waals surface area contributed by atoms with Gasteiger partial charge in [-0.25, -0.2) is 14.4 Å². The first kappa shape index (κ1) is 12.8. The van der Waals surface area contributed by atoms with Gasteiger partial charge >= 0.3 is 0 Å².